The van der Waals surface area contributed by atoms with E-state index in [0.717, 1.165) is 24.3 Å². The van der Waals surface area contributed by atoms with E-state index in [-0.39, 0.29) is 52.7 Å². The van der Waals surface area contributed by atoms with Gasteiger partial charge in [-0.1, -0.05) is 6.08 Å². The normalized spacial score (nSPS) is 11.4. The van der Waals surface area contributed by atoms with Crippen molar-refractivity contribution < 1.29 is 57.0 Å². The number of carboxylic acids is 1. The Kier molecular flexibility index (Phi) is 7.82. The Balaban J connectivity index is 0.00000312. The van der Waals surface area contributed by atoms with Gasteiger partial charge in [0.15, 0.2) is 0 Å². The van der Waals surface area contributed by atoms with Crippen LogP contribution in [0.3, 0.4) is 0 Å². The maximum atomic E-state index is 14.0. The van der Waals surface area contributed by atoms with Gasteiger partial charge in [0.2, 0.25) is 0 Å². The molecule has 1 unspecified atom stereocenters. The van der Waals surface area contributed by atoms with Gasteiger partial charge in [-0.05, 0) is 36.3 Å². The van der Waals surface area contributed by atoms with E-state index >= 15 is 0 Å². The van der Waals surface area contributed by atoms with Crippen molar-refractivity contribution in [3.8, 4) is 0 Å². The SMILES string of the molecule is NC(CC=C(c1ccc(F)cc1F)c1ccc(F)cc1F)C(=O)[O-].[Na+]. The maximum Gasteiger partial charge on any atom is 1.00 e. The second-order valence-corrected chi connectivity index (χ2v) is 5.03. The van der Waals surface area contributed by atoms with Crippen LogP contribution in [-0.2, 0) is 4.79 Å². The van der Waals surface area contributed by atoms with Crippen molar-refractivity contribution in [2.24, 2.45) is 5.73 Å². The number of nitrogens with two attached hydrogens (primary N) is 1. The molecule has 3 nitrogen and oxygen atoms in total. The van der Waals surface area contributed by atoms with Crippen LogP contribution in [0.1, 0.15) is 17.5 Å². The van der Waals surface area contributed by atoms with Crippen LogP contribution in [0.25, 0.3) is 5.57 Å². The largest absolute Gasteiger partial charge is 1.00 e. The second kappa shape index (κ2) is 9.15. The molecule has 0 aromatic heterocycles. The number of halogens is 4. The Bertz CT molecular complexity index is 758. The van der Waals surface area contributed by atoms with Crippen molar-refractivity contribution in [3.05, 3.63) is 76.9 Å². The molecule has 0 saturated heterocycles. The summed E-state index contributed by atoms with van der Waals surface area (Å²) >= 11 is 0. The van der Waals surface area contributed by atoms with Gasteiger partial charge < -0.3 is 15.6 Å². The fraction of sp³-hybridized carbons (Fsp3) is 0.118. The van der Waals surface area contributed by atoms with E-state index in [1.807, 2.05) is 0 Å². The van der Waals surface area contributed by atoms with Crippen molar-refractivity contribution in [3.63, 3.8) is 0 Å². The molecule has 0 saturated carbocycles. The summed E-state index contributed by atoms with van der Waals surface area (Å²) in [6.07, 6.45) is 0.901. The molecular weight excluding hydrogens is 349 g/mol. The van der Waals surface area contributed by atoms with Crippen LogP contribution in [0.5, 0.6) is 0 Å². The van der Waals surface area contributed by atoms with Gasteiger partial charge in [0, 0.05) is 29.3 Å². The molecule has 0 spiro atoms. The fourth-order valence-electron chi connectivity index (χ4n) is 2.12. The first-order chi connectivity index (χ1) is 11.3. The van der Waals surface area contributed by atoms with E-state index in [2.05, 4.69) is 0 Å². The zero-order valence-electron chi connectivity index (χ0n) is 13.2. The van der Waals surface area contributed by atoms with Crippen LogP contribution in [0, 0.1) is 23.3 Å². The summed E-state index contributed by atoms with van der Waals surface area (Å²) in [6, 6.07) is 3.88. The third-order valence-electron chi connectivity index (χ3n) is 3.32. The summed E-state index contributed by atoms with van der Waals surface area (Å²) in [5.41, 5.74) is 4.92. The van der Waals surface area contributed by atoms with Gasteiger partial charge in [0.05, 0.1) is 5.97 Å². The predicted molar refractivity (Wildman–Crippen MR) is 77.4 cm³/mol. The Morgan fingerprint density at radius 2 is 1.44 bits per heavy atom. The summed E-state index contributed by atoms with van der Waals surface area (Å²) in [4.78, 5) is 10.7. The number of aliphatic carboxylic acids is 1. The zero-order chi connectivity index (χ0) is 17.9. The minimum absolute atomic E-state index is 0. The second-order valence-electron chi connectivity index (χ2n) is 5.03. The Morgan fingerprint density at radius 1 is 1.00 bits per heavy atom. The third kappa shape index (κ3) is 5.40. The molecular formula is C17H12F4NNaO2. The number of carbonyl (C=O) groups excluding carboxylic acids is 1. The first kappa shape index (κ1) is 21.4. The summed E-state index contributed by atoms with van der Waals surface area (Å²) in [5, 5.41) is 10.7. The molecule has 2 rings (SSSR count). The van der Waals surface area contributed by atoms with Crippen LogP contribution >= 0.6 is 0 Å². The number of carbonyl (C=O) groups is 1. The fourth-order valence-corrected chi connectivity index (χ4v) is 2.12. The molecule has 0 aliphatic heterocycles. The van der Waals surface area contributed by atoms with Crippen LogP contribution in [0.15, 0.2) is 42.5 Å². The van der Waals surface area contributed by atoms with Gasteiger partial charge in [0.25, 0.3) is 0 Å². The van der Waals surface area contributed by atoms with Crippen molar-refractivity contribution in [2.45, 2.75) is 12.5 Å². The van der Waals surface area contributed by atoms with E-state index in [1.54, 1.807) is 0 Å². The Labute approximate surface area is 163 Å². The summed E-state index contributed by atoms with van der Waals surface area (Å²) in [5.74, 6) is -5.16. The van der Waals surface area contributed by atoms with Gasteiger partial charge in [-0.2, -0.15) is 0 Å². The Morgan fingerprint density at radius 3 is 1.80 bits per heavy atom. The van der Waals surface area contributed by atoms with Gasteiger partial charge in [-0.25, -0.2) is 17.6 Å². The molecule has 0 amide bonds. The van der Waals surface area contributed by atoms with Crippen molar-refractivity contribution in [2.75, 3.05) is 0 Å². The number of carboxylic acid groups (broad SMARTS) is 1. The molecule has 0 aliphatic rings. The smallest absolute Gasteiger partial charge is 0.548 e. The average molecular weight is 361 g/mol. The molecule has 2 aromatic carbocycles. The molecule has 2 N–H and O–H groups in total. The summed E-state index contributed by atoms with van der Waals surface area (Å²) in [6.45, 7) is 0. The van der Waals surface area contributed by atoms with E-state index < -0.39 is 35.3 Å². The first-order valence-electron chi connectivity index (χ1n) is 6.87. The monoisotopic (exact) mass is 361 g/mol. The maximum absolute atomic E-state index is 14.0. The zero-order valence-corrected chi connectivity index (χ0v) is 15.2. The number of benzene rings is 2. The van der Waals surface area contributed by atoms with Crippen LogP contribution < -0.4 is 40.4 Å². The number of hydrogen-bond donors (Lipinski definition) is 1. The van der Waals surface area contributed by atoms with Gasteiger partial charge in [-0.3, -0.25) is 0 Å². The van der Waals surface area contributed by atoms with Crippen LogP contribution in [0.4, 0.5) is 17.6 Å². The van der Waals surface area contributed by atoms with Crippen molar-refractivity contribution in [1.82, 2.24) is 0 Å². The molecule has 8 heteroatoms. The van der Waals surface area contributed by atoms with Crippen LogP contribution in [0.2, 0.25) is 0 Å². The van der Waals surface area contributed by atoms with E-state index in [1.165, 1.54) is 6.08 Å². The Hall–Kier alpha value is -1.67. The van der Waals surface area contributed by atoms with E-state index in [4.69, 9.17) is 5.73 Å². The van der Waals surface area contributed by atoms with E-state index in [9.17, 15) is 27.5 Å². The first-order valence-corrected chi connectivity index (χ1v) is 6.87. The minimum Gasteiger partial charge on any atom is -0.548 e. The minimum atomic E-state index is -1.54. The predicted octanol–water partition coefficient (Wildman–Crippen LogP) is -0.854. The average Bonchev–Trinajstić information content (AvgIpc) is 2.50. The quantitative estimate of drug-likeness (QED) is 0.557. The standard InChI is InChI=1S/C17H13F4NO2.Na/c18-9-1-3-12(14(20)7-9)11(5-6-16(22)17(23)24)13-4-2-10(19)8-15(13)21;/h1-5,7-8,16H,6,22H2,(H,23,24);/q;+1/p-1. The molecule has 0 heterocycles. The molecule has 126 valence electrons. The molecule has 25 heavy (non-hydrogen) atoms. The molecule has 2 aromatic rings. The van der Waals surface area contributed by atoms with Crippen LogP contribution in [-0.4, -0.2) is 12.0 Å². The number of rotatable bonds is 5. The molecule has 1 atom stereocenters. The van der Waals surface area contributed by atoms with Gasteiger partial charge >= 0.3 is 29.6 Å². The third-order valence-corrected chi connectivity index (χ3v) is 3.32. The molecule has 0 bridgehead atoms. The summed E-state index contributed by atoms with van der Waals surface area (Å²) < 4.78 is 54.2. The topological polar surface area (TPSA) is 66.2 Å². The van der Waals surface area contributed by atoms with Gasteiger partial charge in [-0.15, -0.1) is 0 Å². The molecule has 0 fully saturated rings. The molecule has 0 aliphatic carbocycles. The van der Waals surface area contributed by atoms with Crippen molar-refractivity contribution >= 4 is 11.5 Å². The van der Waals surface area contributed by atoms with E-state index in [0.29, 0.717) is 12.1 Å². The van der Waals surface area contributed by atoms with Gasteiger partial charge in [0.1, 0.15) is 23.3 Å². The number of hydrogen-bond acceptors (Lipinski definition) is 3. The molecule has 0 radical (unpaired) electrons. The summed E-state index contributed by atoms with van der Waals surface area (Å²) in [7, 11) is 0. The van der Waals surface area contributed by atoms with Crippen molar-refractivity contribution in [1.29, 1.82) is 0 Å².